The fourth-order valence-electron chi connectivity index (χ4n) is 1.80. The number of benzene rings is 1. The molecule has 1 amide bonds. The zero-order valence-electron chi connectivity index (χ0n) is 12.3. The highest BCUT2D eigenvalue weighted by molar-refractivity contribution is 5.81. The molecule has 5 heteroatoms. The van der Waals surface area contributed by atoms with Gasteiger partial charge in [0, 0.05) is 12.6 Å². The summed E-state index contributed by atoms with van der Waals surface area (Å²) in [7, 11) is 0. The summed E-state index contributed by atoms with van der Waals surface area (Å²) in [6.07, 6.45) is -0.198. The molecular formula is C15H23FN2O2. The summed E-state index contributed by atoms with van der Waals surface area (Å²) in [5.74, 6) is -0.575. The highest BCUT2D eigenvalue weighted by Crippen LogP contribution is 2.18. The number of carbonyl (C=O) groups is 1. The molecule has 1 unspecified atom stereocenters. The van der Waals surface area contributed by atoms with E-state index in [1.807, 2.05) is 20.8 Å². The van der Waals surface area contributed by atoms with Gasteiger partial charge in [-0.25, -0.2) is 4.39 Å². The summed E-state index contributed by atoms with van der Waals surface area (Å²) in [5, 5.41) is 6.01. The molecule has 0 aliphatic carbocycles. The normalized spacial score (nSPS) is 13.6. The Balaban J connectivity index is 2.53. The molecule has 0 bridgehead atoms. The predicted molar refractivity (Wildman–Crippen MR) is 77.3 cm³/mol. The first-order chi connectivity index (χ1) is 9.58. The largest absolute Gasteiger partial charge is 0.478 e. The Morgan fingerprint density at radius 1 is 1.35 bits per heavy atom. The molecule has 20 heavy (non-hydrogen) atoms. The lowest BCUT2D eigenvalue weighted by Crippen LogP contribution is -2.44. The van der Waals surface area contributed by atoms with E-state index in [2.05, 4.69) is 10.6 Å². The third-order valence-electron chi connectivity index (χ3n) is 2.90. The Morgan fingerprint density at radius 3 is 2.65 bits per heavy atom. The van der Waals surface area contributed by atoms with Crippen LogP contribution in [0.15, 0.2) is 24.3 Å². The standard InChI is InChI=1S/C15H23FN2O2/c1-4-13(15(19)18-10-11(3)17-5-2)20-14-9-7-6-8-12(14)16/h6-9,11,13,17H,4-5,10H2,1-3H3,(H,18,19)/t11-,13?/m1/s1. The van der Waals surface area contributed by atoms with Gasteiger partial charge in [-0.3, -0.25) is 4.79 Å². The van der Waals surface area contributed by atoms with Gasteiger partial charge in [-0.2, -0.15) is 0 Å². The molecule has 1 aromatic carbocycles. The Hall–Kier alpha value is -1.62. The minimum atomic E-state index is -0.680. The zero-order valence-corrected chi connectivity index (χ0v) is 12.3. The van der Waals surface area contributed by atoms with Crippen molar-refractivity contribution >= 4 is 5.91 Å². The van der Waals surface area contributed by atoms with Crippen LogP contribution in [0.2, 0.25) is 0 Å². The molecule has 0 heterocycles. The maximum atomic E-state index is 13.5. The summed E-state index contributed by atoms with van der Waals surface area (Å²) >= 11 is 0. The molecule has 0 radical (unpaired) electrons. The number of hydrogen-bond acceptors (Lipinski definition) is 3. The molecule has 0 aromatic heterocycles. The van der Waals surface area contributed by atoms with Gasteiger partial charge in [0.1, 0.15) is 0 Å². The first-order valence-corrected chi connectivity index (χ1v) is 7.00. The summed E-state index contributed by atoms with van der Waals surface area (Å²) < 4.78 is 18.9. The molecule has 0 saturated heterocycles. The van der Waals surface area contributed by atoms with Crippen LogP contribution in [-0.2, 0) is 4.79 Å². The monoisotopic (exact) mass is 282 g/mol. The molecule has 1 rings (SSSR count). The number of nitrogens with one attached hydrogen (secondary N) is 2. The molecule has 0 saturated carbocycles. The fraction of sp³-hybridized carbons (Fsp3) is 0.533. The van der Waals surface area contributed by atoms with E-state index in [0.717, 1.165) is 6.54 Å². The SMILES string of the molecule is CCN[C@H](C)CNC(=O)C(CC)Oc1ccccc1F. The first-order valence-electron chi connectivity index (χ1n) is 7.00. The van der Waals surface area contributed by atoms with Crippen LogP contribution in [-0.4, -0.2) is 31.1 Å². The lowest BCUT2D eigenvalue weighted by atomic mass is 10.2. The van der Waals surface area contributed by atoms with Crippen LogP contribution in [0.1, 0.15) is 27.2 Å². The number of para-hydroxylation sites is 1. The van der Waals surface area contributed by atoms with Crippen molar-refractivity contribution in [2.45, 2.75) is 39.3 Å². The summed E-state index contributed by atoms with van der Waals surface area (Å²) in [6, 6.07) is 6.28. The minimum absolute atomic E-state index is 0.106. The van der Waals surface area contributed by atoms with Crippen molar-refractivity contribution in [3.8, 4) is 5.75 Å². The highest BCUT2D eigenvalue weighted by atomic mass is 19.1. The summed E-state index contributed by atoms with van der Waals surface area (Å²) in [5.41, 5.74) is 0. The quantitative estimate of drug-likeness (QED) is 0.767. The van der Waals surface area contributed by atoms with Crippen molar-refractivity contribution in [1.29, 1.82) is 0 Å². The second kappa shape index (κ2) is 8.53. The van der Waals surface area contributed by atoms with Gasteiger partial charge in [0.05, 0.1) is 0 Å². The lowest BCUT2D eigenvalue weighted by Gasteiger charge is -2.19. The molecular weight excluding hydrogens is 259 g/mol. The van der Waals surface area contributed by atoms with Gasteiger partial charge in [-0.05, 0) is 32.0 Å². The van der Waals surface area contributed by atoms with Crippen LogP contribution >= 0.6 is 0 Å². The van der Waals surface area contributed by atoms with Crippen molar-refractivity contribution in [1.82, 2.24) is 10.6 Å². The lowest BCUT2D eigenvalue weighted by molar-refractivity contribution is -0.128. The molecule has 0 spiro atoms. The van der Waals surface area contributed by atoms with Crippen LogP contribution < -0.4 is 15.4 Å². The van der Waals surface area contributed by atoms with Crippen LogP contribution in [0.5, 0.6) is 5.75 Å². The predicted octanol–water partition coefficient (Wildman–Crippen LogP) is 2.10. The van der Waals surface area contributed by atoms with E-state index in [9.17, 15) is 9.18 Å². The molecule has 0 aliphatic heterocycles. The Labute approximate surface area is 119 Å². The topological polar surface area (TPSA) is 50.4 Å². The second-order valence-electron chi connectivity index (χ2n) is 4.65. The highest BCUT2D eigenvalue weighted by Gasteiger charge is 2.19. The third kappa shape index (κ3) is 5.17. The van der Waals surface area contributed by atoms with Crippen LogP contribution in [0.25, 0.3) is 0 Å². The molecule has 2 atom stereocenters. The number of likely N-dealkylation sites (N-methyl/N-ethyl adjacent to an activating group) is 1. The van der Waals surface area contributed by atoms with Gasteiger partial charge in [0.15, 0.2) is 17.7 Å². The van der Waals surface area contributed by atoms with Gasteiger partial charge >= 0.3 is 0 Å². The molecule has 1 aromatic rings. The maximum Gasteiger partial charge on any atom is 0.261 e. The van der Waals surface area contributed by atoms with Crippen LogP contribution in [0, 0.1) is 5.82 Å². The molecule has 2 N–H and O–H groups in total. The van der Waals surface area contributed by atoms with Crippen molar-refractivity contribution < 1.29 is 13.9 Å². The number of halogens is 1. The van der Waals surface area contributed by atoms with Crippen molar-refractivity contribution in [2.24, 2.45) is 0 Å². The molecule has 0 fully saturated rings. The van der Waals surface area contributed by atoms with E-state index in [4.69, 9.17) is 4.74 Å². The molecule has 112 valence electrons. The van der Waals surface area contributed by atoms with Gasteiger partial charge in [-0.15, -0.1) is 0 Å². The molecule has 0 aliphatic rings. The van der Waals surface area contributed by atoms with Crippen LogP contribution in [0.4, 0.5) is 4.39 Å². The van der Waals surface area contributed by atoms with E-state index < -0.39 is 11.9 Å². The number of hydrogen-bond donors (Lipinski definition) is 2. The number of carbonyl (C=O) groups excluding carboxylic acids is 1. The maximum absolute atomic E-state index is 13.5. The second-order valence-corrected chi connectivity index (χ2v) is 4.65. The van der Waals surface area contributed by atoms with Crippen molar-refractivity contribution in [3.05, 3.63) is 30.1 Å². The Bertz CT molecular complexity index is 426. The van der Waals surface area contributed by atoms with E-state index in [1.54, 1.807) is 12.1 Å². The average molecular weight is 282 g/mol. The summed E-state index contributed by atoms with van der Waals surface area (Å²) in [4.78, 5) is 12.0. The van der Waals surface area contributed by atoms with E-state index in [-0.39, 0.29) is 17.7 Å². The van der Waals surface area contributed by atoms with Crippen molar-refractivity contribution in [2.75, 3.05) is 13.1 Å². The molecule has 4 nitrogen and oxygen atoms in total. The van der Waals surface area contributed by atoms with E-state index >= 15 is 0 Å². The first kappa shape index (κ1) is 16.4. The van der Waals surface area contributed by atoms with Gasteiger partial charge < -0.3 is 15.4 Å². The Morgan fingerprint density at radius 2 is 2.05 bits per heavy atom. The number of ether oxygens (including phenoxy) is 1. The van der Waals surface area contributed by atoms with Crippen LogP contribution in [0.3, 0.4) is 0 Å². The Kier molecular flexibility index (Phi) is 7.01. The van der Waals surface area contributed by atoms with Crippen molar-refractivity contribution in [3.63, 3.8) is 0 Å². The smallest absolute Gasteiger partial charge is 0.261 e. The van der Waals surface area contributed by atoms with E-state index in [1.165, 1.54) is 12.1 Å². The third-order valence-corrected chi connectivity index (χ3v) is 2.90. The minimum Gasteiger partial charge on any atom is -0.478 e. The van der Waals surface area contributed by atoms with E-state index in [0.29, 0.717) is 13.0 Å². The number of rotatable bonds is 8. The van der Waals surface area contributed by atoms with Gasteiger partial charge in [0.2, 0.25) is 0 Å². The van der Waals surface area contributed by atoms with Gasteiger partial charge in [-0.1, -0.05) is 26.0 Å². The summed E-state index contributed by atoms with van der Waals surface area (Å²) in [6.45, 7) is 7.19. The zero-order chi connectivity index (χ0) is 15.0. The fourth-order valence-corrected chi connectivity index (χ4v) is 1.80. The number of amides is 1. The van der Waals surface area contributed by atoms with Gasteiger partial charge in [0.25, 0.3) is 5.91 Å². The average Bonchev–Trinajstić information content (AvgIpc) is 2.44.